The number of hydrogen-bond acceptors (Lipinski definition) is 0. The van der Waals surface area contributed by atoms with Crippen molar-refractivity contribution in [3.8, 4) is 22.5 Å². The van der Waals surface area contributed by atoms with Gasteiger partial charge in [0.15, 0.2) is 0 Å². The van der Waals surface area contributed by atoms with E-state index in [-0.39, 0.29) is 0 Å². The lowest BCUT2D eigenvalue weighted by Gasteiger charge is -2.30. The van der Waals surface area contributed by atoms with Gasteiger partial charge in [-0.1, -0.05) is 116 Å². The van der Waals surface area contributed by atoms with Crippen LogP contribution in [0.3, 0.4) is 0 Å². The van der Waals surface area contributed by atoms with Crippen molar-refractivity contribution in [2.75, 3.05) is 0 Å². The van der Waals surface area contributed by atoms with Crippen molar-refractivity contribution in [2.24, 2.45) is 0 Å². The maximum atomic E-state index is 2.54. The summed E-state index contributed by atoms with van der Waals surface area (Å²) < 4.78 is 4.95. The van der Waals surface area contributed by atoms with Gasteiger partial charge < -0.3 is 9.13 Å². The van der Waals surface area contributed by atoms with E-state index in [1.54, 1.807) is 0 Å². The summed E-state index contributed by atoms with van der Waals surface area (Å²) in [6.07, 6.45) is 2.19. The van der Waals surface area contributed by atoms with E-state index in [9.17, 15) is 0 Å². The molecule has 2 heterocycles. The molecule has 9 rings (SSSR count). The molecule has 0 saturated carbocycles. The molecule has 0 aliphatic heterocycles. The maximum absolute atomic E-state index is 2.54. The lowest BCUT2D eigenvalue weighted by molar-refractivity contribution is 0.505. The summed E-state index contributed by atoms with van der Waals surface area (Å²) in [5.41, 5.74) is 13.2. The second-order valence-corrected chi connectivity index (χ2v) is 12.6. The minimum Gasteiger partial charge on any atom is -0.313 e. The monoisotopic (exact) mass is 578 g/mol. The van der Waals surface area contributed by atoms with Crippen molar-refractivity contribution in [3.05, 3.63) is 168 Å². The van der Waals surface area contributed by atoms with Gasteiger partial charge in [-0.05, 0) is 89.4 Å². The van der Waals surface area contributed by atoms with Crippen molar-refractivity contribution in [2.45, 2.75) is 31.6 Å². The molecule has 2 heteroatoms. The van der Waals surface area contributed by atoms with Crippen LogP contribution in [-0.4, -0.2) is 9.13 Å². The molecule has 2 atom stereocenters. The molecule has 0 radical (unpaired) electrons. The van der Waals surface area contributed by atoms with Crippen molar-refractivity contribution in [1.82, 2.24) is 9.13 Å². The first-order valence-electron chi connectivity index (χ1n) is 16.1. The third kappa shape index (κ3) is 4.17. The quantitative estimate of drug-likeness (QED) is 0.197. The van der Waals surface area contributed by atoms with Crippen LogP contribution in [0, 0.1) is 0 Å². The second kappa shape index (κ2) is 10.4. The van der Waals surface area contributed by atoms with E-state index in [0.29, 0.717) is 11.8 Å². The zero-order valence-electron chi connectivity index (χ0n) is 25.4. The van der Waals surface area contributed by atoms with E-state index in [0.717, 1.165) is 12.8 Å². The Morgan fingerprint density at radius 2 is 1.07 bits per heavy atom. The van der Waals surface area contributed by atoms with Gasteiger partial charge in [-0.15, -0.1) is 0 Å². The summed E-state index contributed by atoms with van der Waals surface area (Å²) in [4.78, 5) is 0. The standard InChI is InChI=1S/C43H34N2/c1-29-26-33(31-22-24-34(25-23-31)44-40-19-8-5-16-36(40)37-17-6-9-20-41(37)44)28-39-38-18-7-10-21-42(38)45(43(29)39)35-15-11-14-32(27-35)30-12-3-2-4-13-30/h2-25,27,29,33H,26,28H2,1H3. The second-order valence-electron chi connectivity index (χ2n) is 12.6. The number of benzene rings is 6. The SMILES string of the molecule is CC1CC(c2ccc(-n3c4ccccc4c4ccccc43)cc2)Cc2c1n(-c1cccc(-c3ccccc3)c1)c1ccccc21. The van der Waals surface area contributed by atoms with Crippen molar-refractivity contribution < 1.29 is 0 Å². The Balaban J connectivity index is 1.11. The molecule has 0 bridgehead atoms. The lowest BCUT2D eigenvalue weighted by Crippen LogP contribution is -2.18. The van der Waals surface area contributed by atoms with Crippen LogP contribution in [0.2, 0.25) is 0 Å². The summed E-state index contributed by atoms with van der Waals surface area (Å²) in [5.74, 6) is 0.915. The van der Waals surface area contributed by atoms with E-state index in [4.69, 9.17) is 0 Å². The molecule has 0 fully saturated rings. The molecule has 2 aromatic heterocycles. The average Bonchev–Trinajstić information content (AvgIpc) is 3.62. The van der Waals surface area contributed by atoms with Crippen LogP contribution < -0.4 is 0 Å². The highest BCUT2D eigenvalue weighted by molar-refractivity contribution is 6.09. The third-order valence-electron chi connectivity index (χ3n) is 9.99. The number of rotatable bonds is 4. The van der Waals surface area contributed by atoms with E-state index in [1.165, 1.54) is 72.0 Å². The van der Waals surface area contributed by atoms with Gasteiger partial charge in [0.2, 0.25) is 0 Å². The van der Waals surface area contributed by atoms with E-state index in [2.05, 4.69) is 168 Å². The first kappa shape index (κ1) is 26.1. The highest BCUT2D eigenvalue weighted by Crippen LogP contribution is 2.46. The van der Waals surface area contributed by atoms with E-state index in [1.807, 2.05) is 0 Å². The summed E-state index contributed by atoms with van der Waals surface area (Å²) in [7, 11) is 0. The Morgan fingerprint density at radius 1 is 0.489 bits per heavy atom. The van der Waals surface area contributed by atoms with Gasteiger partial charge in [0.1, 0.15) is 0 Å². The van der Waals surface area contributed by atoms with Crippen LogP contribution in [-0.2, 0) is 6.42 Å². The van der Waals surface area contributed by atoms with Crippen LogP contribution in [0.25, 0.3) is 55.2 Å². The van der Waals surface area contributed by atoms with Crippen molar-refractivity contribution >= 4 is 32.7 Å². The fourth-order valence-electron chi connectivity index (χ4n) is 8.01. The zero-order chi connectivity index (χ0) is 29.9. The van der Waals surface area contributed by atoms with Crippen molar-refractivity contribution in [1.29, 1.82) is 0 Å². The smallest absolute Gasteiger partial charge is 0.0541 e. The van der Waals surface area contributed by atoms with Crippen LogP contribution >= 0.6 is 0 Å². The molecule has 0 saturated heterocycles. The molecular weight excluding hydrogens is 544 g/mol. The van der Waals surface area contributed by atoms with Gasteiger partial charge in [0.25, 0.3) is 0 Å². The highest BCUT2D eigenvalue weighted by Gasteiger charge is 2.31. The van der Waals surface area contributed by atoms with E-state index < -0.39 is 0 Å². The molecule has 0 amide bonds. The molecule has 2 unspecified atom stereocenters. The van der Waals surface area contributed by atoms with Gasteiger partial charge in [-0.3, -0.25) is 0 Å². The summed E-state index contributed by atoms with van der Waals surface area (Å²) in [6.45, 7) is 2.42. The summed E-state index contributed by atoms with van der Waals surface area (Å²) >= 11 is 0. The molecule has 216 valence electrons. The Morgan fingerprint density at radius 3 is 1.76 bits per heavy atom. The van der Waals surface area contributed by atoms with Crippen LogP contribution in [0.4, 0.5) is 0 Å². The van der Waals surface area contributed by atoms with Crippen LogP contribution in [0.1, 0.15) is 42.0 Å². The molecule has 2 nitrogen and oxygen atoms in total. The maximum Gasteiger partial charge on any atom is 0.0541 e. The van der Waals surface area contributed by atoms with E-state index >= 15 is 0 Å². The molecule has 1 aliphatic rings. The minimum absolute atomic E-state index is 0.434. The number of aromatic nitrogens is 2. The Bertz CT molecular complexity index is 2280. The Kier molecular flexibility index (Phi) is 6.02. The predicted octanol–water partition coefficient (Wildman–Crippen LogP) is 11.2. The zero-order valence-corrected chi connectivity index (χ0v) is 25.4. The molecule has 0 spiro atoms. The highest BCUT2D eigenvalue weighted by atomic mass is 15.0. The largest absolute Gasteiger partial charge is 0.313 e. The predicted molar refractivity (Wildman–Crippen MR) is 189 cm³/mol. The first-order valence-corrected chi connectivity index (χ1v) is 16.1. The van der Waals surface area contributed by atoms with Gasteiger partial charge in [0, 0.05) is 33.2 Å². The lowest BCUT2D eigenvalue weighted by atomic mass is 9.77. The molecule has 45 heavy (non-hydrogen) atoms. The molecule has 1 aliphatic carbocycles. The average molecular weight is 579 g/mol. The Hall–Kier alpha value is -5.34. The summed E-state index contributed by atoms with van der Waals surface area (Å²) in [6, 6.07) is 55.7. The van der Waals surface area contributed by atoms with Gasteiger partial charge in [-0.25, -0.2) is 0 Å². The molecule has 8 aromatic rings. The van der Waals surface area contributed by atoms with Gasteiger partial charge in [0.05, 0.1) is 16.6 Å². The van der Waals surface area contributed by atoms with Gasteiger partial charge >= 0.3 is 0 Å². The molecule has 6 aromatic carbocycles. The molecule has 0 N–H and O–H groups in total. The third-order valence-corrected chi connectivity index (χ3v) is 9.99. The molecular formula is C43H34N2. The number of hydrogen-bond donors (Lipinski definition) is 0. The normalized spacial score (nSPS) is 16.4. The van der Waals surface area contributed by atoms with Crippen LogP contribution in [0.5, 0.6) is 0 Å². The number of fused-ring (bicyclic) bond motifs is 6. The minimum atomic E-state index is 0.434. The number of nitrogens with zero attached hydrogens (tertiary/aromatic N) is 2. The number of para-hydroxylation sites is 3. The topological polar surface area (TPSA) is 9.86 Å². The summed E-state index contributed by atoms with van der Waals surface area (Å²) in [5, 5.41) is 3.99. The fraction of sp³-hybridized carbons (Fsp3) is 0.116. The first-order chi connectivity index (χ1) is 22.2. The fourth-order valence-corrected chi connectivity index (χ4v) is 8.01. The van der Waals surface area contributed by atoms with Crippen LogP contribution in [0.15, 0.2) is 152 Å². The Labute approximate surface area is 263 Å². The van der Waals surface area contributed by atoms with Gasteiger partial charge in [-0.2, -0.15) is 0 Å². The van der Waals surface area contributed by atoms with Crippen molar-refractivity contribution in [3.63, 3.8) is 0 Å².